The summed E-state index contributed by atoms with van der Waals surface area (Å²) in [5, 5.41) is 9.16. The summed E-state index contributed by atoms with van der Waals surface area (Å²) in [6, 6.07) is 13.2. The molecular weight excluding hydrogens is 414 g/mol. The largest absolute Gasteiger partial charge is 0.345 e. The van der Waals surface area contributed by atoms with Crippen molar-refractivity contribution in [2.45, 2.75) is 39.7 Å². The fraction of sp³-hybridized carbons (Fsp3) is 0.292. The maximum absolute atomic E-state index is 13.6. The van der Waals surface area contributed by atoms with Crippen molar-refractivity contribution in [3.05, 3.63) is 60.3 Å². The van der Waals surface area contributed by atoms with Crippen LogP contribution in [0.2, 0.25) is 0 Å². The lowest BCUT2D eigenvalue weighted by Gasteiger charge is -2.16. The maximum Gasteiger partial charge on any atom is 0.270 e. The number of anilines is 2. The van der Waals surface area contributed by atoms with Gasteiger partial charge in [-0.1, -0.05) is 18.2 Å². The number of halogens is 2. The third-order valence-corrected chi connectivity index (χ3v) is 5.54. The normalized spacial score (nSPS) is 16.7. The Hall–Kier alpha value is -3.55. The predicted molar refractivity (Wildman–Crippen MR) is 121 cm³/mol. The number of benzene rings is 2. The van der Waals surface area contributed by atoms with E-state index in [9.17, 15) is 18.4 Å². The molecule has 8 heteroatoms. The van der Waals surface area contributed by atoms with Crippen molar-refractivity contribution in [2.24, 2.45) is 11.0 Å². The minimum absolute atomic E-state index is 0.198. The van der Waals surface area contributed by atoms with Crippen LogP contribution in [0.25, 0.3) is 10.9 Å². The zero-order chi connectivity index (χ0) is 23.2. The molecule has 0 fully saturated rings. The van der Waals surface area contributed by atoms with Crippen molar-refractivity contribution in [3.8, 4) is 0 Å². The fourth-order valence-corrected chi connectivity index (χ4v) is 3.86. The smallest absolute Gasteiger partial charge is 0.270 e. The Kier molecular flexibility index (Phi) is 5.32. The molecule has 1 atom stereocenters. The van der Waals surface area contributed by atoms with E-state index in [1.165, 1.54) is 29.3 Å². The number of rotatable bonds is 5. The lowest BCUT2D eigenvalue weighted by molar-refractivity contribution is -0.127. The van der Waals surface area contributed by atoms with Crippen molar-refractivity contribution in [2.75, 3.05) is 10.3 Å². The van der Waals surface area contributed by atoms with Gasteiger partial charge < -0.3 is 9.88 Å². The van der Waals surface area contributed by atoms with Crippen molar-refractivity contribution in [3.63, 3.8) is 0 Å². The SMILES string of the molecule is CC1=NN(c2ccc3ccn(C(C)C)c3c2)C(=O)C1C(=O)Nc1cccc(C(C)(F)F)c1. The third kappa shape index (κ3) is 3.88. The summed E-state index contributed by atoms with van der Waals surface area (Å²) >= 11 is 0. The highest BCUT2D eigenvalue weighted by Gasteiger charge is 2.40. The van der Waals surface area contributed by atoms with Gasteiger partial charge in [0, 0.05) is 30.4 Å². The number of nitrogens with zero attached hydrogens (tertiary/aromatic N) is 3. The topological polar surface area (TPSA) is 66.7 Å². The number of carbonyl (C=O) groups excluding carboxylic acids is 2. The minimum Gasteiger partial charge on any atom is -0.345 e. The molecule has 2 aromatic carbocycles. The first-order valence-electron chi connectivity index (χ1n) is 10.3. The summed E-state index contributed by atoms with van der Waals surface area (Å²) in [5.74, 6) is -5.26. The van der Waals surface area contributed by atoms with Crippen molar-refractivity contribution in [1.29, 1.82) is 0 Å². The molecule has 3 aromatic rings. The summed E-state index contributed by atoms with van der Waals surface area (Å²) in [7, 11) is 0. The van der Waals surface area contributed by atoms with E-state index in [0.717, 1.165) is 17.8 Å². The number of hydrazone groups is 1. The number of aromatic nitrogens is 1. The summed E-state index contributed by atoms with van der Waals surface area (Å²) < 4.78 is 29.3. The molecule has 1 N–H and O–H groups in total. The van der Waals surface area contributed by atoms with Gasteiger partial charge in [-0.3, -0.25) is 9.59 Å². The fourth-order valence-electron chi connectivity index (χ4n) is 3.86. The Morgan fingerprint density at radius 3 is 2.59 bits per heavy atom. The molecule has 166 valence electrons. The highest BCUT2D eigenvalue weighted by molar-refractivity contribution is 6.28. The Balaban J connectivity index is 1.58. The molecule has 32 heavy (non-hydrogen) atoms. The second-order valence-electron chi connectivity index (χ2n) is 8.34. The summed E-state index contributed by atoms with van der Waals surface area (Å²) in [4.78, 5) is 25.9. The van der Waals surface area contributed by atoms with E-state index in [1.54, 1.807) is 13.0 Å². The molecular formula is C24H24F2N4O2. The van der Waals surface area contributed by atoms with E-state index >= 15 is 0 Å². The van der Waals surface area contributed by atoms with Crippen molar-refractivity contribution >= 4 is 39.8 Å². The van der Waals surface area contributed by atoms with E-state index < -0.39 is 23.7 Å². The number of fused-ring (bicyclic) bond motifs is 1. The molecule has 0 saturated carbocycles. The lowest BCUT2D eigenvalue weighted by Crippen LogP contribution is -2.36. The van der Waals surface area contributed by atoms with E-state index in [1.807, 2.05) is 24.4 Å². The van der Waals surface area contributed by atoms with E-state index in [4.69, 9.17) is 0 Å². The van der Waals surface area contributed by atoms with Crippen LogP contribution in [0, 0.1) is 5.92 Å². The van der Waals surface area contributed by atoms with Crippen LogP contribution in [0.5, 0.6) is 0 Å². The molecule has 4 rings (SSSR count). The van der Waals surface area contributed by atoms with Crippen LogP contribution < -0.4 is 10.3 Å². The molecule has 2 heterocycles. The lowest BCUT2D eigenvalue weighted by atomic mass is 10.0. The zero-order valence-electron chi connectivity index (χ0n) is 18.3. The molecule has 0 aliphatic carbocycles. The number of hydrogen-bond acceptors (Lipinski definition) is 3. The van der Waals surface area contributed by atoms with Crippen LogP contribution in [0.4, 0.5) is 20.2 Å². The van der Waals surface area contributed by atoms with Gasteiger partial charge in [0.05, 0.1) is 16.9 Å². The number of hydrogen-bond donors (Lipinski definition) is 1. The highest BCUT2D eigenvalue weighted by atomic mass is 19.3. The molecule has 1 unspecified atom stereocenters. The summed E-state index contributed by atoms with van der Waals surface area (Å²) in [5.41, 5.74) is 1.84. The van der Waals surface area contributed by atoms with Crippen LogP contribution in [0.15, 0.2) is 59.8 Å². The van der Waals surface area contributed by atoms with Gasteiger partial charge in [-0.25, -0.2) is 8.78 Å². The Morgan fingerprint density at radius 2 is 1.91 bits per heavy atom. The Morgan fingerprint density at radius 1 is 1.16 bits per heavy atom. The van der Waals surface area contributed by atoms with Crippen LogP contribution in [-0.4, -0.2) is 22.1 Å². The predicted octanol–water partition coefficient (Wildman–Crippen LogP) is 5.31. The Labute approximate surface area is 184 Å². The second kappa shape index (κ2) is 7.85. The number of amides is 2. The zero-order valence-corrected chi connectivity index (χ0v) is 18.3. The monoisotopic (exact) mass is 438 g/mol. The number of alkyl halides is 2. The molecule has 1 aliphatic heterocycles. The summed E-state index contributed by atoms with van der Waals surface area (Å²) in [6.07, 6.45) is 1.99. The van der Waals surface area contributed by atoms with Gasteiger partial charge in [0.15, 0.2) is 5.92 Å². The van der Waals surface area contributed by atoms with Gasteiger partial charge in [0.2, 0.25) is 5.91 Å². The molecule has 0 bridgehead atoms. The van der Waals surface area contributed by atoms with Gasteiger partial charge in [-0.15, -0.1) is 0 Å². The quantitative estimate of drug-likeness (QED) is 0.549. The van der Waals surface area contributed by atoms with Gasteiger partial charge in [-0.05, 0) is 56.5 Å². The number of nitrogens with one attached hydrogen (secondary N) is 1. The standard InChI is InChI=1S/C24H24F2N4O2/c1-14(2)29-11-10-16-8-9-19(13-20(16)29)30-23(32)21(15(3)28-30)22(31)27-18-7-5-6-17(12-18)24(4,25)26/h5-14,21H,1-4H3,(H,27,31). The molecule has 1 aliphatic rings. The average molecular weight is 438 g/mol. The average Bonchev–Trinajstić information content (AvgIpc) is 3.27. The van der Waals surface area contributed by atoms with E-state index in [2.05, 4.69) is 28.8 Å². The van der Waals surface area contributed by atoms with Gasteiger partial charge in [0.1, 0.15) is 0 Å². The third-order valence-electron chi connectivity index (χ3n) is 5.54. The van der Waals surface area contributed by atoms with Gasteiger partial charge >= 0.3 is 0 Å². The Bertz CT molecular complexity index is 1240. The summed E-state index contributed by atoms with van der Waals surface area (Å²) in [6.45, 7) is 6.53. The molecule has 0 saturated heterocycles. The molecule has 0 radical (unpaired) electrons. The molecule has 2 amide bonds. The van der Waals surface area contributed by atoms with Gasteiger partial charge in [0.25, 0.3) is 11.8 Å². The second-order valence-corrected chi connectivity index (χ2v) is 8.34. The van der Waals surface area contributed by atoms with Crippen LogP contribution in [0.3, 0.4) is 0 Å². The molecule has 6 nitrogen and oxygen atoms in total. The minimum atomic E-state index is -3.04. The van der Waals surface area contributed by atoms with Crippen LogP contribution >= 0.6 is 0 Å². The molecule has 1 aromatic heterocycles. The first kappa shape index (κ1) is 21.7. The first-order chi connectivity index (χ1) is 15.1. The number of carbonyl (C=O) groups is 2. The molecule has 0 spiro atoms. The van der Waals surface area contributed by atoms with Gasteiger partial charge in [-0.2, -0.15) is 10.1 Å². The van der Waals surface area contributed by atoms with Crippen LogP contribution in [0.1, 0.15) is 39.3 Å². The van der Waals surface area contributed by atoms with Crippen LogP contribution in [-0.2, 0) is 15.5 Å². The van der Waals surface area contributed by atoms with E-state index in [0.29, 0.717) is 11.4 Å². The maximum atomic E-state index is 13.6. The van der Waals surface area contributed by atoms with Crippen molar-refractivity contribution in [1.82, 2.24) is 4.57 Å². The van der Waals surface area contributed by atoms with E-state index in [-0.39, 0.29) is 17.3 Å². The van der Waals surface area contributed by atoms with Crippen molar-refractivity contribution < 1.29 is 18.4 Å². The highest BCUT2D eigenvalue weighted by Crippen LogP contribution is 2.31. The first-order valence-corrected chi connectivity index (χ1v) is 10.3.